The number of fused-ring (bicyclic) bond motifs is 1. The van der Waals surface area contributed by atoms with Crippen LogP contribution in [0.5, 0.6) is 11.5 Å². The van der Waals surface area contributed by atoms with Crippen molar-refractivity contribution in [3.05, 3.63) is 57.9 Å². The number of halogens is 3. The zero-order chi connectivity index (χ0) is 15.0. The summed E-state index contributed by atoms with van der Waals surface area (Å²) in [5, 5.41) is 0.0739. The van der Waals surface area contributed by atoms with Crippen LogP contribution in [0.15, 0.2) is 30.3 Å². The summed E-state index contributed by atoms with van der Waals surface area (Å²) in [7, 11) is 1.42. The summed E-state index contributed by atoms with van der Waals surface area (Å²) in [6, 6.07) is 8.32. The first-order valence-corrected chi connectivity index (χ1v) is 7.34. The SMILES string of the molecule is COc1ccc(C(Cl)c2cc(Cl)cc3c2OCC3)cc1F. The molecular weight excluding hydrogens is 314 g/mol. The Kier molecular flexibility index (Phi) is 3.96. The van der Waals surface area contributed by atoms with Gasteiger partial charge in [0.2, 0.25) is 0 Å². The Hall–Kier alpha value is -1.45. The molecule has 0 fully saturated rings. The Morgan fingerprint density at radius 2 is 2.10 bits per heavy atom. The van der Waals surface area contributed by atoms with Gasteiger partial charge < -0.3 is 9.47 Å². The highest BCUT2D eigenvalue weighted by Gasteiger charge is 2.24. The van der Waals surface area contributed by atoms with Crippen molar-refractivity contribution in [2.75, 3.05) is 13.7 Å². The van der Waals surface area contributed by atoms with Gasteiger partial charge in [0, 0.05) is 17.0 Å². The van der Waals surface area contributed by atoms with E-state index in [1.54, 1.807) is 18.2 Å². The van der Waals surface area contributed by atoms with Crippen molar-refractivity contribution in [2.24, 2.45) is 0 Å². The fourth-order valence-electron chi connectivity index (χ4n) is 2.51. The smallest absolute Gasteiger partial charge is 0.165 e. The van der Waals surface area contributed by atoms with E-state index in [0.29, 0.717) is 17.2 Å². The molecule has 2 aromatic carbocycles. The summed E-state index contributed by atoms with van der Waals surface area (Å²) in [6.07, 6.45) is 0.809. The minimum atomic E-state index is -0.532. The van der Waals surface area contributed by atoms with Gasteiger partial charge in [0.1, 0.15) is 5.75 Å². The molecule has 21 heavy (non-hydrogen) atoms. The van der Waals surface area contributed by atoms with Crippen LogP contribution in [0.1, 0.15) is 22.1 Å². The quantitative estimate of drug-likeness (QED) is 0.758. The van der Waals surface area contributed by atoms with E-state index in [1.807, 2.05) is 6.07 Å². The van der Waals surface area contributed by atoms with E-state index < -0.39 is 11.2 Å². The van der Waals surface area contributed by atoms with Gasteiger partial charge in [-0.25, -0.2) is 4.39 Å². The second-order valence-corrected chi connectivity index (χ2v) is 5.71. The van der Waals surface area contributed by atoms with Crippen molar-refractivity contribution < 1.29 is 13.9 Å². The maximum absolute atomic E-state index is 13.8. The number of ether oxygens (including phenoxy) is 2. The maximum Gasteiger partial charge on any atom is 0.165 e. The van der Waals surface area contributed by atoms with Crippen molar-refractivity contribution in [1.82, 2.24) is 0 Å². The lowest BCUT2D eigenvalue weighted by Gasteiger charge is -2.15. The molecule has 0 amide bonds. The molecule has 1 heterocycles. The molecule has 1 aliphatic rings. The van der Waals surface area contributed by atoms with Crippen LogP contribution in [-0.2, 0) is 6.42 Å². The number of alkyl halides is 1. The van der Waals surface area contributed by atoms with Crippen molar-refractivity contribution >= 4 is 23.2 Å². The van der Waals surface area contributed by atoms with Crippen LogP contribution in [0.4, 0.5) is 4.39 Å². The molecule has 0 radical (unpaired) electrons. The van der Waals surface area contributed by atoms with Gasteiger partial charge in [-0.3, -0.25) is 0 Å². The molecular formula is C16H13Cl2FO2. The topological polar surface area (TPSA) is 18.5 Å². The Bertz CT molecular complexity index is 688. The number of hydrogen-bond acceptors (Lipinski definition) is 2. The summed E-state index contributed by atoms with van der Waals surface area (Å²) >= 11 is 12.6. The van der Waals surface area contributed by atoms with Crippen LogP contribution < -0.4 is 9.47 Å². The number of methoxy groups -OCH3 is 1. The van der Waals surface area contributed by atoms with Crippen LogP contribution in [0.25, 0.3) is 0 Å². The lowest BCUT2D eigenvalue weighted by atomic mass is 10.0. The molecule has 0 aromatic heterocycles. The first kappa shape index (κ1) is 14.5. The van der Waals surface area contributed by atoms with Gasteiger partial charge in [-0.05, 0) is 35.4 Å². The van der Waals surface area contributed by atoms with Crippen LogP contribution in [0, 0.1) is 5.82 Å². The third kappa shape index (κ3) is 2.68. The first-order chi connectivity index (χ1) is 10.1. The summed E-state index contributed by atoms with van der Waals surface area (Å²) in [5.41, 5.74) is 2.44. The molecule has 1 atom stereocenters. The molecule has 0 N–H and O–H groups in total. The zero-order valence-corrected chi connectivity index (χ0v) is 12.8. The van der Waals surface area contributed by atoms with E-state index in [1.165, 1.54) is 13.2 Å². The molecule has 2 nitrogen and oxygen atoms in total. The number of benzene rings is 2. The Labute approximate surface area is 132 Å². The molecule has 110 valence electrons. The highest BCUT2D eigenvalue weighted by Crippen LogP contribution is 2.42. The number of rotatable bonds is 3. The fourth-order valence-corrected chi connectivity index (χ4v) is 3.05. The Morgan fingerprint density at radius 3 is 2.81 bits per heavy atom. The average molecular weight is 327 g/mol. The van der Waals surface area contributed by atoms with Crippen LogP contribution in [0.3, 0.4) is 0 Å². The van der Waals surface area contributed by atoms with Crippen LogP contribution >= 0.6 is 23.2 Å². The maximum atomic E-state index is 13.8. The summed E-state index contributed by atoms with van der Waals surface area (Å²) in [5.74, 6) is 0.506. The predicted octanol–water partition coefficient (Wildman–Crippen LogP) is 4.75. The summed E-state index contributed by atoms with van der Waals surface area (Å²) in [4.78, 5) is 0. The van der Waals surface area contributed by atoms with Gasteiger partial charge in [0.05, 0.1) is 19.1 Å². The molecule has 1 aliphatic heterocycles. The summed E-state index contributed by atoms with van der Waals surface area (Å²) < 4.78 is 24.4. The van der Waals surface area contributed by atoms with Crippen molar-refractivity contribution in [1.29, 1.82) is 0 Å². The van der Waals surface area contributed by atoms with Gasteiger partial charge >= 0.3 is 0 Å². The Morgan fingerprint density at radius 1 is 1.29 bits per heavy atom. The zero-order valence-electron chi connectivity index (χ0n) is 11.3. The van der Waals surface area contributed by atoms with Gasteiger partial charge in [0.25, 0.3) is 0 Å². The van der Waals surface area contributed by atoms with Gasteiger partial charge in [0.15, 0.2) is 11.6 Å². The predicted molar refractivity (Wildman–Crippen MR) is 81.3 cm³/mol. The normalized spacial score (nSPS) is 14.5. The third-order valence-corrected chi connectivity index (χ3v) is 4.22. The Balaban J connectivity index is 2.03. The van der Waals surface area contributed by atoms with E-state index in [4.69, 9.17) is 32.7 Å². The van der Waals surface area contributed by atoms with Crippen LogP contribution in [0.2, 0.25) is 5.02 Å². The number of hydrogen-bond donors (Lipinski definition) is 0. The summed E-state index contributed by atoms with van der Waals surface area (Å²) in [6.45, 7) is 0.614. The van der Waals surface area contributed by atoms with Gasteiger partial charge in [-0.2, -0.15) is 0 Å². The lowest BCUT2D eigenvalue weighted by Crippen LogP contribution is -1.99. The largest absolute Gasteiger partial charge is 0.494 e. The highest BCUT2D eigenvalue weighted by molar-refractivity contribution is 6.31. The van der Waals surface area contributed by atoms with Crippen molar-refractivity contribution in [3.8, 4) is 11.5 Å². The molecule has 0 saturated heterocycles. The molecule has 1 unspecified atom stereocenters. The molecule has 0 aliphatic carbocycles. The van der Waals surface area contributed by atoms with E-state index in [9.17, 15) is 4.39 Å². The van der Waals surface area contributed by atoms with E-state index in [2.05, 4.69) is 0 Å². The fraction of sp³-hybridized carbons (Fsp3) is 0.250. The minimum absolute atomic E-state index is 0.190. The second kappa shape index (κ2) is 5.74. The highest BCUT2D eigenvalue weighted by atomic mass is 35.5. The van der Waals surface area contributed by atoms with Crippen molar-refractivity contribution in [2.45, 2.75) is 11.8 Å². The van der Waals surface area contributed by atoms with E-state index in [-0.39, 0.29) is 5.75 Å². The molecule has 0 saturated carbocycles. The van der Waals surface area contributed by atoms with Crippen molar-refractivity contribution in [3.63, 3.8) is 0 Å². The minimum Gasteiger partial charge on any atom is -0.494 e. The second-order valence-electron chi connectivity index (χ2n) is 4.84. The molecule has 0 spiro atoms. The van der Waals surface area contributed by atoms with Crippen LogP contribution in [-0.4, -0.2) is 13.7 Å². The average Bonchev–Trinajstić information content (AvgIpc) is 2.93. The molecule has 5 heteroatoms. The van der Waals surface area contributed by atoms with E-state index in [0.717, 1.165) is 23.3 Å². The third-order valence-electron chi connectivity index (χ3n) is 3.52. The van der Waals surface area contributed by atoms with E-state index >= 15 is 0 Å². The molecule has 2 aromatic rings. The molecule has 3 rings (SSSR count). The standard InChI is InChI=1S/C16H13Cl2FO2/c1-20-14-3-2-9(7-13(14)19)15(18)12-8-11(17)6-10-4-5-21-16(10)12/h2-3,6-8,15H,4-5H2,1H3. The first-order valence-electron chi connectivity index (χ1n) is 6.52. The van der Waals surface area contributed by atoms with Gasteiger partial charge in [-0.1, -0.05) is 17.7 Å². The monoisotopic (exact) mass is 326 g/mol. The molecule has 0 bridgehead atoms. The lowest BCUT2D eigenvalue weighted by molar-refractivity contribution is 0.353. The van der Waals surface area contributed by atoms with Gasteiger partial charge in [-0.15, -0.1) is 11.6 Å².